The van der Waals surface area contributed by atoms with Crippen molar-refractivity contribution in [2.24, 2.45) is 11.8 Å². The number of hydrogen-bond donors (Lipinski definition) is 1. The first-order valence-corrected chi connectivity index (χ1v) is 9.41. The van der Waals surface area contributed by atoms with Gasteiger partial charge in [0.15, 0.2) is 5.13 Å². The van der Waals surface area contributed by atoms with Crippen LogP contribution in [0.15, 0.2) is 0 Å². The van der Waals surface area contributed by atoms with Crippen LogP contribution in [0.4, 0.5) is 5.13 Å². The third-order valence-corrected chi connectivity index (χ3v) is 6.40. The molecule has 1 saturated heterocycles. The Hall–Kier alpha value is -0.610. The topological polar surface area (TPSA) is 28.2 Å². The summed E-state index contributed by atoms with van der Waals surface area (Å²) in [6, 6.07) is 1.10. The molecule has 1 N–H and O–H groups in total. The molecule has 0 radical (unpaired) electrons. The molecular weight excluding hydrogens is 278 g/mol. The summed E-state index contributed by atoms with van der Waals surface area (Å²) < 4.78 is 0. The standard InChI is InChI=1S/C17H29N3S/c1-5-18-14-7-6-8-15-16(14)19-17(21-15)20-10-11(2)9-12(3)13(20)4/h11-14,18H,5-10H2,1-4H3. The van der Waals surface area contributed by atoms with Gasteiger partial charge in [0.1, 0.15) is 0 Å². The number of anilines is 1. The Morgan fingerprint density at radius 1 is 1.33 bits per heavy atom. The van der Waals surface area contributed by atoms with E-state index in [1.165, 1.54) is 47.9 Å². The van der Waals surface area contributed by atoms with E-state index >= 15 is 0 Å². The Morgan fingerprint density at radius 3 is 2.90 bits per heavy atom. The number of aromatic nitrogens is 1. The Morgan fingerprint density at radius 2 is 2.14 bits per heavy atom. The Labute approximate surface area is 133 Å². The van der Waals surface area contributed by atoms with Gasteiger partial charge in [-0.2, -0.15) is 0 Å². The molecule has 0 amide bonds. The van der Waals surface area contributed by atoms with Gasteiger partial charge in [0.05, 0.1) is 11.7 Å². The van der Waals surface area contributed by atoms with E-state index < -0.39 is 0 Å². The van der Waals surface area contributed by atoms with Gasteiger partial charge in [-0.15, -0.1) is 11.3 Å². The van der Waals surface area contributed by atoms with Gasteiger partial charge in [-0.3, -0.25) is 0 Å². The van der Waals surface area contributed by atoms with Crippen LogP contribution in [0.1, 0.15) is 63.6 Å². The fourth-order valence-electron chi connectivity index (χ4n) is 3.94. The normalized spacial score (nSPS) is 33.0. The highest BCUT2D eigenvalue weighted by Crippen LogP contribution is 2.39. The Kier molecular flexibility index (Phi) is 4.55. The Balaban J connectivity index is 1.86. The lowest BCUT2D eigenvalue weighted by Gasteiger charge is -2.41. The molecule has 1 aliphatic heterocycles. The van der Waals surface area contributed by atoms with Crippen molar-refractivity contribution in [2.75, 3.05) is 18.0 Å². The molecule has 2 heterocycles. The van der Waals surface area contributed by atoms with Crippen LogP contribution in [0.25, 0.3) is 0 Å². The van der Waals surface area contributed by atoms with E-state index in [0.29, 0.717) is 12.1 Å². The molecular formula is C17H29N3S. The molecule has 3 nitrogen and oxygen atoms in total. The lowest BCUT2D eigenvalue weighted by atomic mass is 9.86. The summed E-state index contributed by atoms with van der Waals surface area (Å²) >= 11 is 1.95. The van der Waals surface area contributed by atoms with Crippen molar-refractivity contribution in [3.05, 3.63) is 10.6 Å². The fourth-order valence-corrected chi connectivity index (χ4v) is 5.20. The highest BCUT2D eigenvalue weighted by Gasteiger charge is 2.32. The molecule has 0 bridgehead atoms. The Bertz CT molecular complexity index is 484. The van der Waals surface area contributed by atoms with Gasteiger partial charge < -0.3 is 10.2 Å². The summed E-state index contributed by atoms with van der Waals surface area (Å²) in [7, 11) is 0. The maximum atomic E-state index is 5.08. The quantitative estimate of drug-likeness (QED) is 0.915. The number of nitrogens with one attached hydrogen (secondary N) is 1. The molecule has 1 fully saturated rings. The average molecular weight is 308 g/mol. The van der Waals surface area contributed by atoms with E-state index in [4.69, 9.17) is 4.98 Å². The zero-order valence-corrected chi connectivity index (χ0v) is 14.7. The van der Waals surface area contributed by atoms with Crippen LogP contribution in [0.2, 0.25) is 0 Å². The van der Waals surface area contributed by atoms with Crippen LogP contribution in [-0.4, -0.2) is 24.1 Å². The van der Waals surface area contributed by atoms with Gasteiger partial charge in [-0.25, -0.2) is 4.98 Å². The van der Waals surface area contributed by atoms with Crippen LogP contribution in [0, 0.1) is 11.8 Å². The fraction of sp³-hybridized carbons (Fsp3) is 0.824. The number of thiazole rings is 1. The number of rotatable bonds is 3. The minimum absolute atomic E-state index is 0.485. The number of hydrogen-bond acceptors (Lipinski definition) is 4. The van der Waals surface area contributed by atoms with Gasteiger partial charge in [-0.1, -0.05) is 20.8 Å². The van der Waals surface area contributed by atoms with Crippen molar-refractivity contribution in [1.82, 2.24) is 10.3 Å². The predicted molar refractivity (Wildman–Crippen MR) is 91.2 cm³/mol. The lowest BCUT2D eigenvalue weighted by Crippen LogP contribution is -2.45. The summed E-state index contributed by atoms with van der Waals surface area (Å²) in [5.74, 6) is 1.54. The van der Waals surface area contributed by atoms with Crippen LogP contribution in [0.3, 0.4) is 0 Å². The first-order chi connectivity index (χ1) is 10.1. The number of fused-ring (bicyclic) bond motifs is 1. The zero-order valence-electron chi connectivity index (χ0n) is 13.9. The molecule has 4 heteroatoms. The molecule has 2 aliphatic rings. The third-order valence-electron chi connectivity index (χ3n) is 5.24. The highest BCUT2D eigenvalue weighted by atomic mass is 32.1. The van der Waals surface area contributed by atoms with Gasteiger partial charge in [-0.05, 0) is 51.0 Å². The smallest absolute Gasteiger partial charge is 0.186 e. The molecule has 3 rings (SSSR count). The number of nitrogens with zero attached hydrogens (tertiary/aromatic N) is 2. The van der Waals surface area contributed by atoms with Gasteiger partial charge in [0.25, 0.3) is 0 Å². The summed E-state index contributed by atoms with van der Waals surface area (Å²) in [6.07, 6.45) is 5.12. The molecule has 1 aromatic rings. The van der Waals surface area contributed by atoms with Crippen molar-refractivity contribution in [1.29, 1.82) is 0 Å². The molecule has 1 aliphatic carbocycles. The second kappa shape index (κ2) is 6.25. The second-order valence-electron chi connectivity index (χ2n) is 7.02. The van der Waals surface area contributed by atoms with Crippen molar-refractivity contribution in [3.8, 4) is 0 Å². The predicted octanol–water partition coefficient (Wildman–Crippen LogP) is 4.00. The molecule has 0 spiro atoms. The van der Waals surface area contributed by atoms with Gasteiger partial charge in [0.2, 0.25) is 0 Å². The average Bonchev–Trinajstić information content (AvgIpc) is 2.88. The first-order valence-electron chi connectivity index (χ1n) is 8.59. The van der Waals surface area contributed by atoms with Crippen molar-refractivity contribution >= 4 is 16.5 Å². The molecule has 1 aromatic heterocycles. The van der Waals surface area contributed by atoms with Crippen LogP contribution in [-0.2, 0) is 6.42 Å². The minimum Gasteiger partial charge on any atom is -0.345 e. The van der Waals surface area contributed by atoms with Crippen LogP contribution >= 0.6 is 11.3 Å². The SMILES string of the molecule is CCNC1CCCc2sc(N3CC(C)CC(C)C3C)nc21. The maximum Gasteiger partial charge on any atom is 0.186 e. The molecule has 21 heavy (non-hydrogen) atoms. The third kappa shape index (κ3) is 2.98. The monoisotopic (exact) mass is 307 g/mol. The van der Waals surface area contributed by atoms with Gasteiger partial charge >= 0.3 is 0 Å². The number of piperidine rings is 1. The molecule has 4 atom stereocenters. The van der Waals surface area contributed by atoms with Crippen molar-refractivity contribution in [2.45, 2.75) is 65.5 Å². The summed E-state index contributed by atoms with van der Waals surface area (Å²) in [4.78, 5) is 9.18. The molecule has 4 unspecified atom stereocenters. The summed E-state index contributed by atoms with van der Waals surface area (Å²) in [6.45, 7) is 11.5. The van der Waals surface area contributed by atoms with E-state index in [2.05, 4.69) is 37.9 Å². The maximum absolute atomic E-state index is 5.08. The van der Waals surface area contributed by atoms with Gasteiger partial charge in [0, 0.05) is 17.5 Å². The summed E-state index contributed by atoms with van der Waals surface area (Å²) in [5.41, 5.74) is 1.35. The largest absolute Gasteiger partial charge is 0.345 e. The van der Waals surface area contributed by atoms with E-state index in [1.54, 1.807) is 0 Å². The molecule has 0 saturated carbocycles. The van der Waals surface area contributed by atoms with E-state index in [-0.39, 0.29) is 0 Å². The van der Waals surface area contributed by atoms with Crippen LogP contribution in [0.5, 0.6) is 0 Å². The zero-order chi connectivity index (χ0) is 15.0. The molecule has 0 aromatic carbocycles. The first kappa shape index (κ1) is 15.3. The highest BCUT2D eigenvalue weighted by molar-refractivity contribution is 7.15. The van der Waals surface area contributed by atoms with Crippen molar-refractivity contribution in [3.63, 3.8) is 0 Å². The minimum atomic E-state index is 0.485. The second-order valence-corrected chi connectivity index (χ2v) is 8.08. The summed E-state index contributed by atoms with van der Waals surface area (Å²) in [5, 5.41) is 4.89. The number of aryl methyl sites for hydroxylation is 1. The van der Waals surface area contributed by atoms with Crippen molar-refractivity contribution < 1.29 is 0 Å². The molecule has 118 valence electrons. The van der Waals surface area contributed by atoms with E-state index in [0.717, 1.165) is 18.4 Å². The van der Waals surface area contributed by atoms with E-state index in [1.807, 2.05) is 11.3 Å². The lowest BCUT2D eigenvalue weighted by molar-refractivity contribution is 0.296. The van der Waals surface area contributed by atoms with E-state index in [9.17, 15) is 0 Å². The van der Waals surface area contributed by atoms with Crippen LogP contribution < -0.4 is 10.2 Å².